The number of aromatic nitrogens is 2. The van der Waals surface area contributed by atoms with E-state index in [2.05, 4.69) is 0 Å². The highest BCUT2D eigenvalue weighted by molar-refractivity contribution is 7.99. The molecule has 0 bridgehead atoms. The van der Waals surface area contributed by atoms with Crippen molar-refractivity contribution in [2.24, 2.45) is 0 Å². The number of aliphatic carboxylic acids is 1. The third-order valence-electron chi connectivity index (χ3n) is 6.73. The molecule has 0 saturated carbocycles. The minimum atomic E-state index is -3.62. The summed E-state index contributed by atoms with van der Waals surface area (Å²) in [5.74, 6) is -0.198. The van der Waals surface area contributed by atoms with Gasteiger partial charge in [-0.15, -0.1) is 0 Å². The Balaban J connectivity index is 1.35. The maximum Gasteiger partial charge on any atom is 0.323 e. The molecular formula is C29H31N3O5S2. The topological polar surface area (TPSA) is 102 Å². The number of hydrogen-bond acceptors (Lipinski definition) is 6. The van der Waals surface area contributed by atoms with E-state index < -0.39 is 16.0 Å². The van der Waals surface area contributed by atoms with Crippen molar-refractivity contribution in [2.45, 2.75) is 60.1 Å². The molecule has 4 aromatic rings. The normalized spacial score (nSPS) is 15.2. The van der Waals surface area contributed by atoms with Crippen LogP contribution in [0.1, 0.15) is 38.2 Å². The van der Waals surface area contributed by atoms with Crippen molar-refractivity contribution in [2.75, 3.05) is 13.1 Å². The Morgan fingerprint density at radius 3 is 2.38 bits per heavy atom. The molecule has 8 nitrogen and oxygen atoms in total. The zero-order valence-corrected chi connectivity index (χ0v) is 23.5. The number of carbonyl (C=O) groups is 1. The number of piperidine rings is 1. The molecule has 0 spiro atoms. The molecule has 0 aliphatic carbocycles. The Morgan fingerprint density at radius 2 is 1.74 bits per heavy atom. The first-order valence-corrected chi connectivity index (χ1v) is 15.2. The second-order valence-corrected chi connectivity index (χ2v) is 12.9. The summed E-state index contributed by atoms with van der Waals surface area (Å²) in [7, 11) is -3.62. The maximum absolute atomic E-state index is 13.3. The SMILES string of the molecule is CC(C)Oc1ccc(S(=O)(=O)N2CCC(c3cn(CC(=O)O)c4nc(Sc5ccccc5)ccc34)CC2)cc1. The van der Waals surface area contributed by atoms with Crippen molar-refractivity contribution in [1.82, 2.24) is 13.9 Å². The number of hydrogen-bond donors (Lipinski definition) is 1. The quantitative estimate of drug-likeness (QED) is 0.281. The van der Waals surface area contributed by atoms with E-state index in [9.17, 15) is 18.3 Å². The third-order valence-corrected chi connectivity index (χ3v) is 9.58. The Morgan fingerprint density at radius 1 is 1.05 bits per heavy atom. The van der Waals surface area contributed by atoms with Gasteiger partial charge < -0.3 is 14.4 Å². The lowest BCUT2D eigenvalue weighted by atomic mass is 9.90. The van der Waals surface area contributed by atoms with Gasteiger partial charge in [0.2, 0.25) is 10.0 Å². The molecule has 5 rings (SSSR count). The number of fused-ring (bicyclic) bond motifs is 1. The van der Waals surface area contributed by atoms with Crippen LogP contribution in [-0.2, 0) is 21.4 Å². The van der Waals surface area contributed by atoms with E-state index in [0.717, 1.165) is 20.9 Å². The highest BCUT2D eigenvalue weighted by Gasteiger charge is 2.31. The molecule has 1 saturated heterocycles. The Kier molecular flexibility index (Phi) is 7.97. The summed E-state index contributed by atoms with van der Waals surface area (Å²) in [6, 6.07) is 20.4. The number of rotatable bonds is 9. The van der Waals surface area contributed by atoms with Crippen LogP contribution < -0.4 is 4.74 Å². The van der Waals surface area contributed by atoms with E-state index in [4.69, 9.17) is 9.72 Å². The molecule has 39 heavy (non-hydrogen) atoms. The van der Waals surface area contributed by atoms with Crippen molar-refractivity contribution in [3.05, 3.63) is 78.5 Å². The van der Waals surface area contributed by atoms with Crippen LogP contribution in [0.2, 0.25) is 0 Å². The van der Waals surface area contributed by atoms with Crippen molar-refractivity contribution in [1.29, 1.82) is 0 Å². The molecule has 3 heterocycles. The lowest BCUT2D eigenvalue weighted by Gasteiger charge is -2.31. The molecule has 0 atom stereocenters. The minimum Gasteiger partial charge on any atom is -0.491 e. The average Bonchev–Trinajstić information content (AvgIpc) is 3.26. The van der Waals surface area contributed by atoms with Crippen molar-refractivity contribution >= 4 is 38.8 Å². The summed E-state index contributed by atoms with van der Waals surface area (Å²) >= 11 is 1.53. The summed E-state index contributed by atoms with van der Waals surface area (Å²) in [5.41, 5.74) is 1.65. The second kappa shape index (κ2) is 11.4. The van der Waals surface area contributed by atoms with Gasteiger partial charge in [-0.1, -0.05) is 30.0 Å². The molecule has 1 aliphatic rings. The molecule has 204 valence electrons. The Hall–Kier alpha value is -3.34. The van der Waals surface area contributed by atoms with Gasteiger partial charge in [0.05, 0.1) is 11.0 Å². The monoisotopic (exact) mass is 565 g/mol. The highest BCUT2D eigenvalue weighted by Crippen LogP contribution is 2.37. The first-order valence-electron chi connectivity index (χ1n) is 12.9. The largest absolute Gasteiger partial charge is 0.491 e. The number of ether oxygens (including phenoxy) is 1. The molecule has 0 unspecified atom stereocenters. The molecule has 2 aromatic carbocycles. The standard InChI is InChI=1S/C29H31N3O5S2/c1-20(2)37-22-8-10-24(11-9-22)39(35,36)32-16-14-21(15-17-32)26-18-31(19-28(33)34)29-25(26)12-13-27(30-29)38-23-6-4-3-5-7-23/h3-13,18,20-21H,14-17,19H2,1-2H3,(H,33,34). The van der Waals surface area contributed by atoms with Crippen molar-refractivity contribution < 1.29 is 23.1 Å². The van der Waals surface area contributed by atoms with Gasteiger partial charge in [-0.25, -0.2) is 13.4 Å². The molecule has 1 N–H and O–H groups in total. The fraction of sp³-hybridized carbons (Fsp3) is 0.310. The predicted molar refractivity (Wildman–Crippen MR) is 151 cm³/mol. The molecule has 1 fully saturated rings. The zero-order chi connectivity index (χ0) is 27.6. The van der Waals surface area contributed by atoms with Gasteiger partial charge in [0.15, 0.2) is 0 Å². The summed E-state index contributed by atoms with van der Waals surface area (Å²) in [6.45, 7) is 4.43. The summed E-state index contributed by atoms with van der Waals surface area (Å²) in [6.07, 6.45) is 3.17. The van der Waals surface area contributed by atoms with E-state index in [1.54, 1.807) is 28.8 Å². The van der Waals surface area contributed by atoms with Gasteiger partial charge in [0, 0.05) is 29.6 Å². The molecule has 10 heteroatoms. The van der Waals surface area contributed by atoms with Crippen LogP contribution in [0.25, 0.3) is 11.0 Å². The number of pyridine rings is 1. The molecule has 1 aliphatic heterocycles. The summed E-state index contributed by atoms with van der Waals surface area (Å²) in [5, 5.41) is 11.2. The lowest BCUT2D eigenvalue weighted by molar-refractivity contribution is -0.137. The van der Waals surface area contributed by atoms with E-state index in [1.807, 2.05) is 62.5 Å². The van der Waals surface area contributed by atoms with E-state index >= 15 is 0 Å². The first-order chi connectivity index (χ1) is 18.7. The number of benzene rings is 2. The van der Waals surface area contributed by atoms with E-state index in [1.165, 1.54) is 16.1 Å². The predicted octanol–water partition coefficient (Wildman–Crippen LogP) is 5.63. The van der Waals surface area contributed by atoms with E-state index in [0.29, 0.717) is 37.3 Å². The number of carboxylic acids is 1. The van der Waals surface area contributed by atoms with Gasteiger partial charge in [0.1, 0.15) is 23.0 Å². The minimum absolute atomic E-state index is 0.0114. The van der Waals surface area contributed by atoms with Gasteiger partial charge in [0.25, 0.3) is 0 Å². The number of nitrogens with zero attached hydrogens (tertiary/aromatic N) is 3. The van der Waals surface area contributed by atoms with Crippen LogP contribution in [0.3, 0.4) is 0 Å². The third kappa shape index (κ3) is 6.13. The van der Waals surface area contributed by atoms with Gasteiger partial charge in [-0.05, 0) is 86.7 Å². The van der Waals surface area contributed by atoms with Crippen molar-refractivity contribution in [3.63, 3.8) is 0 Å². The Labute approximate surface area is 232 Å². The summed E-state index contributed by atoms with van der Waals surface area (Å²) < 4.78 is 35.4. The molecule has 2 aromatic heterocycles. The van der Waals surface area contributed by atoms with Crippen LogP contribution in [0.4, 0.5) is 0 Å². The smallest absolute Gasteiger partial charge is 0.323 e. The highest BCUT2D eigenvalue weighted by atomic mass is 32.2. The number of carboxylic acid groups (broad SMARTS) is 1. The van der Waals surface area contributed by atoms with Crippen LogP contribution in [-0.4, -0.2) is 52.5 Å². The van der Waals surface area contributed by atoms with Gasteiger partial charge in [-0.3, -0.25) is 4.79 Å². The maximum atomic E-state index is 13.3. The van der Waals surface area contributed by atoms with Crippen LogP contribution in [0.5, 0.6) is 5.75 Å². The van der Waals surface area contributed by atoms with Crippen LogP contribution in [0, 0.1) is 0 Å². The molecule has 0 amide bonds. The average molecular weight is 566 g/mol. The molecule has 0 radical (unpaired) electrons. The molecular weight excluding hydrogens is 534 g/mol. The number of sulfonamides is 1. The fourth-order valence-corrected chi connectivity index (χ4v) is 7.22. The zero-order valence-electron chi connectivity index (χ0n) is 21.9. The lowest BCUT2D eigenvalue weighted by Crippen LogP contribution is -2.37. The second-order valence-electron chi connectivity index (χ2n) is 9.86. The van der Waals surface area contributed by atoms with Gasteiger partial charge >= 0.3 is 5.97 Å². The van der Waals surface area contributed by atoms with Crippen molar-refractivity contribution in [3.8, 4) is 5.75 Å². The first kappa shape index (κ1) is 27.2. The van der Waals surface area contributed by atoms with Gasteiger partial charge in [-0.2, -0.15) is 4.31 Å². The Bertz CT molecular complexity index is 1560. The van der Waals surface area contributed by atoms with Crippen LogP contribution >= 0.6 is 11.8 Å². The van der Waals surface area contributed by atoms with Crippen LogP contribution in [0.15, 0.2) is 87.7 Å². The fourth-order valence-electron chi connectivity index (χ4n) is 4.95. The summed E-state index contributed by atoms with van der Waals surface area (Å²) in [4.78, 5) is 17.7. The van der Waals surface area contributed by atoms with E-state index in [-0.39, 0.29) is 23.5 Å².